The molecule has 0 saturated heterocycles. The fraction of sp³-hybridized carbons (Fsp3) is 0. The molecule has 6 heteroatoms. The maximum atomic E-state index is 13.5. The van der Waals surface area contributed by atoms with Gasteiger partial charge >= 0.3 is 0 Å². The van der Waals surface area contributed by atoms with Gasteiger partial charge in [-0.05, 0) is 35.7 Å². The summed E-state index contributed by atoms with van der Waals surface area (Å²) in [6.07, 6.45) is 1.54. The second-order valence-corrected chi connectivity index (χ2v) is 5.42. The van der Waals surface area contributed by atoms with Crippen molar-refractivity contribution in [3.63, 3.8) is 0 Å². The highest BCUT2D eigenvalue weighted by Gasteiger charge is 2.07. The van der Waals surface area contributed by atoms with Crippen molar-refractivity contribution in [1.29, 1.82) is 0 Å². The summed E-state index contributed by atoms with van der Waals surface area (Å²) in [5.74, 6) is -0.0904. The summed E-state index contributed by atoms with van der Waals surface area (Å²) in [6.45, 7) is 0. The summed E-state index contributed by atoms with van der Waals surface area (Å²) < 4.78 is 13.5. The van der Waals surface area contributed by atoms with Gasteiger partial charge in [0.15, 0.2) is 0 Å². The van der Waals surface area contributed by atoms with Crippen LogP contribution in [0.4, 0.5) is 21.6 Å². The van der Waals surface area contributed by atoms with E-state index in [4.69, 9.17) is 0 Å². The number of para-hydroxylation sites is 1. The van der Waals surface area contributed by atoms with Crippen molar-refractivity contribution in [1.82, 2.24) is 4.98 Å². The maximum absolute atomic E-state index is 13.5. The van der Waals surface area contributed by atoms with Gasteiger partial charge in [0, 0.05) is 0 Å². The van der Waals surface area contributed by atoms with Crippen molar-refractivity contribution < 1.29 is 9.18 Å². The van der Waals surface area contributed by atoms with Crippen LogP contribution in [0.1, 0.15) is 9.67 Å². The molecule has 1 aromatic carbocycles. The molecule has 4 nitrogen and oxygen atoms in total. The maximum Gasteiger partial charge on any atom is 0.266 e. The molecule has 0 bridgehead atoms. The minimum absolute atomic E-state index is 0.197. The summed E-state index contributed by atoms with van der Waals surface area (Å²) in [6, 6.07) is 13.3. The predicted molar refractivity (Wildman–Crippen MR) is 86.2 cm³/mol. The van der Waals surface area contributed by atoms with E-state index in [0.29, 0.717) is 22.1 Å². The lowest BCUT2D eigenvalue weighted by molar-refractivity contribution is 0.103. The summed E-state index contributed by atoms with van der Waals surface area (Å²) in [5.41, 5.74) is 1.01. The molecule has 0 aliphatic carbocycles. The van der Waals surface area contributed by atoms with E-state index >= 15 is 0 Å². The van der Waals surface area contributed by atoms with Gasteiger partial charge < -0.3 is 10.6 Å². The number of carbonyl (C=O) groups is 1. The van der Waals surface area contributed by atoms with Crippen LogP contribution in [0.15, 0.2) is 60.1 Å². The number of nitrogens with zero attached hydrogens (tertiary/aromatic N) is 1. The summed E-state index contributed by atoms with van der Waals surface area (Å²) >= 11 is 1.36. The Morgan fingerprint density at radius 1 is 1.09 bits per heavy atom. The Hall–Kier alpha value is -2.73. The second kappa shape index (κ2) is 6.36. The number of thiophene rings is 1. The molecule has 0 saturated carbocycles. The highest BCUT2D eigenvalue weighted by molar-refractivity contribution is 7.12. The summed E-state index contributed by atoms with van der Waals surface area (Å²) in [7, 11) is 0. The van der Waals surface area contributed by atoms with Gasteiger partial charge in [0.05, 0.1) is 22.4 Å². The zero-order chi connectivity index (χ0) is 15.4. The van der Waals surface area contributed by atoms with Crippen molar-refractivity contribution in [2.75, 3.05) is 10.6 Å². The molecule has 0 aliphatic heterocycles. The highest BCUT2D eigenvalue weighted by Crippen LogP contribution is 2.20. The van der Waals surface area contributed by atoms with Gasteiger partial charge in [0.1, 0.15) is 11.6 Å². The second-order valence-electron chi connectivity index (χ2n) is 4.47. The zero-order valence-corrected chi connectivity index (χ0v) is 12.2. The molecule has 0 spiro atoms. The molecule has 110 valence electrons. The first-order valence-electron chi connectivity index (χ1n) is 6.55. The van der Waals surface area contributed by atoms with Crippen LogP contribution in [0.3, 0.4) is 0 Å². The SMILES string of the molecule is O=C(Nc1ccc(Nc2ccccc2F)cn1)c1cccs1. The minimum Gasteiger partial charge on any atom is -0.352 e. The van der Waals surface area contributed by atoms with E-state index in [0.717, 1.165) is 0 Å². The Labute approximate surface area is 130 Å². The highest BCUT2D eigenvalue weighted by atomic mass is 32.1. The van der Waals surface area contributed by atoms with Crippen molar-refractivity contribution >= 4 is 34.4 Å². The fourth-order valence-corrected chi connectivity index (χ4v) is 2.46. The molecule has 0 aliphatic rings. The molecule has 1 amide bonds. The lowest BCUT2D eigenvalue weighted by atomic mass is 10.3. The van der Waals surface area contributed by atoms with Crippen LogP contribution in [-0.4, -0.2) is 10.9 Å². The molecule has 0 atom stereocenters. The fourth-order valence-electron chi connectivity index (χ4n) is 1.85. The van der Waals surface area contributed by atoms with Gasteiger partial charge in [0.2, 0.25) is 0 Å². The summed E-state index contributed by atoms with van der Waals surface area (Å²) in [4.78, 5) is 16.7. The molecule has 2 N–H and O–H groups in total. The van der Waals surface area contributed by atoms with Crippen LogP contribution in [0.2, 0.25) is 0 Å². The van der Waals surface area contributed by atoms with Crippen LogP contribution in [-0.2, 0) is 0 Å². The Kier molecular flexibility index (Phi) is 4.11. The molecule has 3 rings (SSSR count). The van der Waals surface area contributed by atoms with Crippen LogP contribution in [0.5, 0.6) is 0 Å². The number of benzene rings is 1. The van der Waals surface area contributed by atoms with E-state index in [2.05, 4.69) is 15.6 Å². The standard InChI is InChI=1S/C16H12FN3OS/c17-12-4-1-2-5-13(12)19-11-7-8-15(18-10-11)20-16(21)14-6-3-9-22-14/h1-10,19H,(H,18,20,21). The molecule has 3 aromatic rings. The Morgan fingerprint density at radius 3 is 2.64 bits per heavy atom. The average molecular weight is 313 g/mol. The Bertz CT molecular complexity index is 772. The number of anilines is 3. The smallest absolute Gasteiger partial charge is 0.266 e. The quantitative estimate of drug-likeness (QED) is 0.756. The molecule has 0 unspecified atom stereocenters. The molecular formula is C16H12FN3OS. The average Bonchev–Trinajstić information content (AvgIpc) is 3.06. The monoisotopic (exact) mass is 313 g/mol. The normalized spacial score (nSPS) is 10.2. The zero-order valence-electron chi connectivity index (χ0n) is 11.4. The van der Waals surface area contributed by atoms with Gasteiger partial charge in [-0.1, -0.05) is 18.2 Å². The topological polar surface area (TPSA) is 54.0 Å². The number of amides is 1. The van der Waals surface area contributed by atoms with Crippen molar-refractivity contribution in [2.45, 2.75) is 0 Å². The molecule has 0 radical (unpaired) electrons. The third kappa shape index (κ3) is 3.29. The number of hydrogen-bond acceptors (Lipinski definition) is 4. The predicted octanol–water partition coefficient (Wildman–Crippen LogP) is 4.28. The number of nitrogens with one attached hydrogen (secondary N) is 2. The minimum atomic E-state index is -0.336. The number of hydrogen-bond donors (Lipinski definition) is 2. The lowest BCUT2D eigenvalue weighted by Gasteiger charge is -2.08. The van der Waals surface area contributed by atoms with Gasteiger partial charge in [0.25, 0.3) is 5.91 Å². The van der Waals surface area contributed by atoms with Crippen LogP contribution < -0.4 is 10.6 Å². The first-order valence-corrected chi connectivity index (χ1v) is 7.43. The third-order valence-corrected chi connectivity index (χ3v) is 3.77. The molecule has 0 fully saturated rings. The van der Waals surface area contributed by atoms with Gasteiger partial charge in [-0.2, -0.15) is 0 Å². The number of aromatic nitrogens is 1. The van der Waals surface area contributed by atoms with Gasteiger partial charge in [-0.15, -0.1) is 11.3 Å². The Balaban J connectivity index is 1.68. The van der Waals surface area contributed by atoms with E-state index in [1.165, 1.54) is 23.6 Å². The van der Waals surface area contributed by atoms with Crippen LogP contribution in [0, 0.1) is 5.82 Å². The van der Waals surface area contributed by atoms with E-state index in [-0.39, 0.29) is 11.7 Å². The van der Waals surface area contributed by atoms with E-state index in [9.17, 15) is 9.18 Å². The first-order chi connectivity index (χ1) is 10.7. The Morgan fingerprint density at radius 2 is 1.95 bits per heavy atom. The molecular weight excluding hydrogens is 301 g/mol. The van der Waals surface area contributed by atoms with Crippen molar-refractivity contribution in [3.05, 3.63) is 70.8 Å². The van der Waals surface area contributed by atoms with Crippen LogP contribution in [0.25, 0.3) is 0 Å². The van der Waals surface area contributed by atoms with Crippen molar-refractivity contribution in [3.8, 4) is 0 Å². The molecule has 22 heavy (non-hydrogen) atoms. The number of rotatable bonds is 4. The van der Waals surface area contributed by atoms with Crippen molar-refractivity contribution in [2.24, 2.45) is 0 Å². The molecule has 2 heterocycles. The number of pyridine rings is 1. The largest absolute Gasteiger partial charge is 0.352 e. The van der Waals surface area contributed by atoms with Gasteiger partial charge in [-0.3, -0.25) is 4.79 Å². The first kappa shape index (κ1) is 14.2. The third-order valence-electron chi connectivity index (χ3n) is 2.90. The van der Waals surface area contributed by atoms with Gasteiger partial charge in [-0.25, -0.2) is 9.37 Å². The van der Waals surface area contributed by atoms with E-state index in [1.54, 1.807) is 36.4 Å². The van der Waals surface area contributed by atoms with Crippen LogP contribution >= 0.6 is 11.3 Å². The van der Waals surface area contributed by atoms with E-state index in [1.807, 2.05) is 11.4 Å². The summed E-state index contributed by atoms with van der Waals surface area (Å²) in [5, 5.41) is 7.47. The molecule has 2 aromatic heterocycles. The number of halogens is 1. The number of carbonyl (C=O) groups excluding carboxylic acids is 1. The lowest BCUT2D eigenvalue weighted by Crippen LogP contribution is -2.11. The van der Waals surface area contributed by atoms with E-state index < -0.39 is 0 Å².